The second kappa shape index (κ2) is 4.78. The van der Waals surface area contributed by atoms with E-state index in [1.807, 2.05) is 0 Å². The average molecular weight is 250 g/mol. The van der Waals surface area contributed by atoms with Gasteiger partial charge in [0.25, 0.3) is 0 Å². The lowest BCUT2D eigenvalue weighted by molar-refractivity contribution is -0.155. The van der Waals surface area contributed by atoms with E-state index in [1.54, 1.807) is 37.3 Å². The maximum absolute atomic E-state index is 12.1. The molecule has 0 unspecified atom stereocenters. The minimum absolute atomic E-state index is 0.175. The largest absolute Gasteiger partial charge is 0.465 e. The van der Waals surface area contributed by atoms with Crippen LogP contribution in [0.3, 0.4) is 0 Å². The molecule has 1 aliphatic rings. The van der Waals surface area contributed by atoms with Crippen LogP contribution in [-0.4, -0.2) is 36.4 Å². The monoisotopic (exact) mass is 250 g/mol. The third-order valence-corrected chi connectivity index (χ3v) is 3.06. The van der Waals surface area contributed by atoms with Crippen molar-refractivity contribution in [3.63, 3.8) is 0 Å². The number of carbonyl (C=O) groups excluding carboxylic acids is 2. The van der Waals surface area contributed by atoms with E-state index in [0.29, 0.717) is 5.56 Å². The SMILES string of the molecule is CCOC(=O)[C@@]1(c2ccccc2)COC(=O)[C@@H]1O. The number of ether oxygens (including phenoxy) is 2. The van der Waals surface area contributed by atoms with Crippen LogP contribution in [0.25, 0.3) is 0 Å². The maximum Gasteiger partial charge on any atom is 0.336 e. The molecule has 2 rings (SSSR count). The second-order valence-corrected chi connectivity index (χ2v) is 4.07. The lowest BCUT2D eigenvalue weighted by Gasteiger charge is -2.26. The van der Waals surface area contributed by atoms with E-state index in [4.69, 9.17) is 9.47 Å². The fourth-order valence-electron chi connectivity index (χ4n) is 2.07. The minimum Gasteiger partial charge on any atom is -0.465 e. The van der Waals surface area contributed by atoms with Crippen molar-refractivity contribution in [2.24, 2.45) is 0 Å². The predicted octanol–water partition coefficient (Wildman–Crippen LogP) is 0.405. The normalized spacial score (nSPS) is 26.8. The van der Waals surface area contributed by atoms with Gasteiger partial charge in [0.2, 0.25) is 0 Å². The third-order valence-electron chi connectivity index (χ3n) is 3.06. The molecular weight excluding hydrogens is 236 g/mol. The Morgan fingerprint density at radius 2 is 2.17 bits per heavy atom. The smallest absolute Gasteiger partial charge is 0.336 e. The van der Waals surface area contributed by atoms with E-state index in [2.05, 4.69) is 0 Å². The molecule has 96 valence electrons. The van der Waals surface area contributed by atoms with Crippen molar-refractivity contribution in [1.82, 2.24) is 0 Å². The molecule has 0 bridgehead atoms. The summed E-state index contributed by atoms with van der Waals surface area (Å²) in [4.78, 5) is 23.5. The summed E-state index contributed by atoms with van der Waals surface area (Å²) in [5.41, 5.74) is -0.934. The van der Waals surface area contributed by atoms with Crippen molar-refractivity contribution >= 4 is 11.9 Å². The first-order valence-corrected chi connectivity index (χ1v) is 5.70. The van der Waals surface area contributed by atoms with Crippen LogP contribution in [0.5, 0.6) is 0 Å². The van der Waals surface area contributed by atoms with Gasteiger partial charge >= 0.3 is 11.9 Å². The Balaban J connectivity index is 2.48. The van der Waals surface area contributed by atoms with Gasteiger partial charge in [0.05, 0.1) is 6.61 Å². The summed E-state index contributed by atoms with van der Waals surface area (Å²) in [5, 5.41) is 9.98. The summed E-state index contributed by atoms with van der Waals surface area (Å²) in [6.45, 7) is 1.64. The van der Waals surface area contributed by atoms with E-state index < -0.39 is 23.5 Å². The number of benzene rings is 1. The molecule has 5 nitrogen and oxygen atoms in total. The van der Waals surface area contributed by atoms with Gasteiger partial charge in [-0.25, -0.2) is 4.79 Å². The predicted molar refractivity (Wildman–Crippen MR) is 61.7 cm³/mol. The van der Waals surface area contributed by atoms with Gasteiger partial charge in [-0.3, -0.25) is 4.79 Å². The Labute approximate surface area is 104 Å². The highest BCUT2D eigenvalue weighted by Crippen LogP contribution is 2.35. The van der Waals surface area contributed by atoms with E-state index in [-0.39, 0.29) is 13.2 Å². The lowest BCUT2D eigenvalue weighted by atomic mass is 9.77. The standard InChI is InChI=1S/C13H14O5/c1-2-17-12(16)13(8-18-11(15)10(13)14)9-6-4-3-5-7-9/h3-7,10,14H,2,8H2,1H3/t10-,13+/m0/s1. The molecule has 1 aliphatic heterocycles. The highest BCUT2D eigenvalue weighted by Gasteiger charge is 2.57. The minimum atomic E-state index is -1.53. The first kappa shape index (κ1) is 12.6. The Kier molecular flexibility index (Phi) is 3.34. The van der Waals surface area contributed by atoms with E-state index in [1.165, 1.54) is 0 Å². The molecule has 0 aromatic heterocycles. The number of hydrogen-bond donors (Lipinski definition) is 1. The van der Waals surface area contributed by atoms with Crippen LogP contribution < -0.4 is 0 Å². The molecule has 0 radical (unpaired) electrons. The summed E-state index contributed by atoms with van der Waals surface area (Å²) >= 11 is 0. The molecule has 0 spiro atoms. The first-order valence-electron chi connectivity index (χ1n) is 5.70. The van der Waals surface area contributed by atoms with Gasteiger partial charge in [0.1, 0.15) is 6.61 Å². The van der Waals surface area contributed by atoms with Crippen molar-refractivity contribution in [2.45, 2.75) is 18.4 Å². The number of carbonyl (C=O) groups is 2. The molecule has 0 saturated carbocycles. The molecule has 2 atom stereocenters. The Morgan fingerprint density at radius 3 is 2.67 bits per heavy atom. The zero-order valence-electron chi connectivity index (χ0n) is 9.96. The number of aliphatic hydroxyl groups excluding tert-OH is 1. The van der Waals surface area contributed by atoms with Gasteiger partial charge < -0.3 is 14.6 Å². The number of aliphatic hydroxyl groups is 1. The highest BCUT2D eigenvalue weighted by molar-refractivity contribution is 5.94. The van der Waals surface area contributed by atoms with Crippen LogP contribution >= 0.6 is 0 Å². The molecule has 1 saturated heterocycles. The number of cyclic esters (lactones) is 1. The first-order chi connectivity index (χ1) is 8.63. The molecule has 1 fully saturated rings. The van der Waals surface area contributed by atoms with Gasteiger partial charge in [-0.05, 0) is 12.5 Å². The molecule has 0 amide bonds. The Hall–Kier alpha value is -1.88. The summed E-state index contributed by atoms with van der Waals surface area (Å²) in [6, 6.07) is 8.58. The van der Waals surface area contributed by atoms with Crippen molar-refractivity contribution < 1.29 is 24.2 Å². The van der Waals surface area contributed by atoms with Crippen LogP contribution in [0, 0.1) is 0 Å². The molecule has 1 aromatic carbocycles. The molecule has 1 aromatic rings. The van der Waals surface area contributed by atoms with Crippen molar-refractivity contribution in [2.75, 3.05) is 13.2 Å². The van der Waals surface area contributed by atoms with E-state index in [9.17, 15) is 14.7 Å². The molecule has 1 N–H and O–H groups in total. The molecule has 1 heterocycles. The van der Waals surface area contributed by atoms with Crippen LogP contribution in [0.4, 0.5) is 0 Å². The van der Waals surface area contributed by atoms with Gasteiger partial charge in [0, 0.05) is 0 Å². The molecule has 5 heteroatoms. The highest BCUT2D eigenvalue weighted by atomic mass is 16.6. The van der Waals surface area contributed by atoms with Crippen LogP contribution in [0.2, 0.25) is 0 Å². The van der Waals surface area contributed by atoms with Crippen LogP contribution in [-0.2, 0) is 24.5 Å². The summed E-state index contributed by atoms with van der Waals surface area (Å²) in [7, 11) is 0. The molecular formula is C13H14O5. The van der Waals surface area contributed by atoms with Gasteiger partial charge in [-0.1, -0.05) is 30.3 Å². The quantitative estimate of drug-likeness (QED) is 0.786. The number of hydrogen-bond acceptors (Lipinski definition) is 5. The average Bonchev–Trinajstić information content (AvgIpc) is 2.69. The molecule has 0 aliphatic carbocycles. The molecule has 18 heavy (non-hydrogen) atoms. The van der Waals surface area contributed by atoms with Gasteiger partial charge in [-0.15, -0.1) is 0 Å². The zero-order valence-corrected chi connectivity index (χ0v) is 9.96. The lowest BCUT2D eigenvalue weighted by Crippen LogP contribution is -2.48. The fraction of sp³-hybridized carbons (Fsp3) is 0.385. The van der Waals surface area contributed by atoms with Gasteiger partial charge in [0.15, 0.2) is 11.5 Å². The topological polar surface area (TPSA) is 72.8 Å². The second-order valence-electron chi connectivity index (χ2n) is 4.07. The number of esters is 2. The summed E-state index contributed by atoms with van der Waals surface area (Å²) in [6.07, 6.45) is -1.53. The Morgan fingerprint density at radius 1 is 1.50 bits per heavy atom. The maximum atomic E-state index is 12.1. The van der Waals surface area contributed by atoms with Crippen molar-refractivity contribution in [1.29, 1.82) is 0 Å². The summed E-state index contributed by atoms with van der Waals surface area (Å²) < 4.78 is 9.78. The zero-order chi connectivity index (χ0) is 13.2. The van der Waals surface area contributed by atoms with Crippen LogP contribution in [0.15, 0.2) is 30.3 Å². The van der Waals surface area contributed by atoms with Crippen molar-refractivity contribution in [3.05, 3.63) is 35.9 Å². The Bertz CT molecular complexity index is 456. The van der Waals surface area contributed by atoms with E-state index in [0.717, 1.165) is 0 Å². The number of rotatable bonds is 3. The fourth-order valence-corrected chi connectivity index (χ4v) is 2.07. The van der Waals surface area contributed by atoms with E-state index >= 15 is 0 Å². The van der Waals surface area contributed by atoms with Crippen molar-refractivity contribution in [3.8, 4) is 0 Å². The van der Waals surface area contributed by atoms with Crippen LogP contribution in [0.1, 0.15) is 12.5 Å². The third kappa shape index (κ3) is 1.76. The van der Waals surface area contributed by atoms with Gasteiger partial charge in [-0.2, -0.15) is 0 Å². The summed E-state index contributed by atoms with van der Waals surface area (Å²) in [5.74, 6) is -1.44.